The molecule has 0 saturated carbocycles. The topological polar surface area (TPSA) is 115 Å². The molecule has 3 heterocycles. The summed E-state index contributed by atoms with van der Waals surface area (Å²) < 4.78 is 0. The Hall–Kier alpha value is -3.72. The lowest BCUT2D eigenvalue weighted by molar-refractivity contribution is 0.0937. The second-order valence-corrected chi connectivity index (χ2v) is 7.73. The number of aryl methyl sites for hydroxylation is 1. The summed E-state index contributed by atoms with van der Waals surface area (Å²) >= 11 is 0. The van der Waals surface area contributed by atoms with Crippen LogP contribution in [0.1, 0.15) is 40.6 Å². The van der Waals surface area contributed by atoms with Gasteiger partial charge in [-0.1, -0.05) is 6.07 Å². The van der Waals surface area contributed by atoms with E-state index in [1.807, 2.05) is 50.2 Å². The summed E-state index contributed by atoms with van der Waals surface area (Å²) in [6.07, 6.45) is 1.96. The summed E-state index contributed by atoms with van der Waals surface area (Å²) in [5, 5.41) is 7.56. The third-order valence-electron chi connectivity index (χ3n) is 4.76. The van der Waals surface area contributed by atoms with Gasteiger partial charge in [0.1, 0.15) is 17.2 Å². The van der Waals surface area contributed by atoms with E-state index < -0.39 is 0 Å². The molecule has 160 valence electrons. The van der Waals surface area contributed by atoms with E-state index in [1.165, 1.54) is 0 Å². The average molecular weight is 419 g/mol. The monoisotopic (exact) mass is 419 g/mol. The van der Waals surface area contributed by atoms with Gasteiger partial charge in [-0.15, -0.1) is 0 Å². The van der Waals surface area contributed by atoms with Crippen molar-refractivity contribution >= 4 is 28.5 Å². The van der Waals surface area contributed by atoms with Crippen molar-refractivity contribution in [3.8, 4) is 0 Å². The zero-order valence-electron chi connectivity index (χ0n) is 17.7. The van der Waals surface area contributed by atoms with Gasteiger partial charge in [0, 0.05) is 25.3 Å². The molecule has 0 unspecified atom stereocenters. The normalized spacial score (nSPS) is 13.5. The summed E-state index contributed by atoms with van der Waals surface area (Å²) in [5.74, 6) is 0.250. The Bertz CT molecular complexity index is 1170. The number of pyridine rings is 1. The van der Waals surface area contributed by atoms with E-state index in [4.69, 9.17) is 0 Å². The Kier molecular flexibility index (Phi) is 5.68. The smallest absolute Gasteiger partial charge is 0.270 e. The average Bonchev–Trinajstić information content (AvgIpc) is 3.36. The minimum atomic E-state index is -0.326. The van der Waals surface area contributed by atoms with Crippen LogP contribution >= 0.6 is 0 Å². The quantitative estimate of drug-likeness (QED) is 0.486. The number of nitrogens with one attached hydrogen (secondary N) is 4. The van der Waals surface area contributed by atoms with Crippen molar-refractivity contribution in [2.45, 2.75) is 26.8 Å². The fraction of sp³-hybridized carbons (Fsp3) is 0.273. The molecule has 9 nitrogen and oxygen atoms in total. The minimum absolute atomic E-state index is 0.00506. The lowest BCUT2D eigenvalue weighted by Gasteiger charge is -2.15. The van der Waals surface area contributed by atoms with Crippen molar-refractivity contribution in [3.63, 3.8) is 0 Å². The Morgan fingerprint density at radius 2 is 1.90 bits per heavy atom. The zero-order valence-corrected chi connectivity index (χ0v) is 17.7. The molecule has 2 aromatic heterocycles. The van der Waals surface area contributed by atoms with Crippen molar-refractivity contribution < 1.29 is 9.59 Å². The summed E-state index contributed by atoms with van der Waals surface area (Å²) in [5.41, 5.74) is 7.60. The molecule has 31 heavy (non-hydrogen) atoms. The van der Waals surface area contributed by atoms with Gasteiger partial charge in [0.2, 0.25) is 0 Å². The third kappa shape index (κ3) is 4.72. The van der Waals surface area contributed by atoms with Gasteiger partial charge in [0.15, 0.2) is 0 Å². The Balaban J connectivity index is 1.39. The van der Waals surface area contributed by atoms with E-state index in [1.54, 1.807) is 18.2 Å². The Morgan fingerprint density at radius 3 is 2.68 bits per heavy atom. The molecule has 0 bridgehead atoms. The number of fused-ring (bicyclic) bond motifs is 1. The Labute approximate surface area is 179 Å². The number of benzene rings is 1. The number of nitrogens with zero attached hydrogens (tertiary/aromatic N) is 3. The SMILES string of the molecule is Cc1nc2ccc(N3C=C(CNC(=O)c4cccc(C(=O)NC(C)C)n4)CN3)cc2[nH]1. The second-order valence-electron chi connectivity index (χ2n) is 7.73. The van der Waals surface area contributed by atoms with Crippen molar-refractivity contribution in [2.24, 2.45) is 0 Å². The fourth-order valence-electron chi connectivity index (χ4n) is 3.32. The number of carbonyl (C=O) groups excluding carboxylic acids is 2. The van der Waals surface area contributed by atoms with Gasteiger partial charge in [-0.05, 0) is 56.7 Å². The molecule has 9 heteroatoms. The number of hydrazine groups is 1. The zero-order chi connectivity index (χ0) is 22.0. The van der Waals surface area contributed by atoms with Crippen molar-refractivity contribution in [1.82, 2.24) is 31.0 Å². The van der Waals surface area contributed by atoms with Gasteiger partial charge in [0.25, 0.3) is 11.8 Å². The number of rotatable bonds is 6. The summed E-state index contributed by atoms with van der Waals surface area (Å²) in [6.45, 7) is 6.66. The van der Waals surface area contributed by atoms with Gasteiger partial charge in [-0.3, -0.25) is 14.6 Å². The lowest BCUT2D eigenvalue weighted by Crippen LogP contribution is -2.32. The highest BCUT2D eigenvalue weighted by Gasteiger charge is 2.17. The van der Waals surface area contributed by atoms with E-state index in [2.05, 4.69) is 31.0 Å². The molecule has 2 amide bonds. The molecule has 0 atom stereocenters. The van der Waals surface area contributed by atoms with E-state index in [-0.39, 0.29) is 29.2 Å². The fourth-order valence-corrected chi connectivity index (χ4v) is 3.32. The van der Waals surface area contributed by atoms with Gasteiger partial charge in [-0.25, -0.2) is 15.4 Å². The number of amides is 2. The molecule has 0 saturated heterocycles. The molecule has 4 N–H and O–H groups in total. The van der Waals surface area contributed by atoms with Crippen LogP contribution in [0.25, 0.3) is 11.0 Å². The molecule has 0 radical (unpaired) electrons. The number of imidazole rings is 1. The molecule has 4 rings (SSSR count). The molecule has 3 aromatic rings. The molecule has 1 aromatic carbocycles. The number of hydrogen-bond acceptors (Lipinski definition) is 6. The van der Waals surface area contributed by atoms with E-state index in [9.17, 15) is 9.59 Å². The Morgan fingerprint density at radius 1 is 1.13 bits per heavy atom. The van der Waals surface area contributed by atoms with Crippen LogP contribution in [-0.4, -0.2) is 45.9 Å². The highest BCUT2D eigenvalue weighted by atomic mass is 16.2. The maximum absolute atomic E-state index is 12.5. The molecular weight excluding hydrogens is 394 g/mol. The predicted molar refractivity (Wildman–Crippen MR) is 119 cm³/mol. The van der Waals surface area contributed by atoms with Gasteiger partial charge in [-0.2, -0.15) is 0 Å². The number of H-pyrrole nitrogens is 1. The molecule has 1 aliphatic heterocycles. The van der Waals surface area contributed by atoms with Gasteiger partial charge < -0.3 is 15.6 Å². The predicted octanol–water partition coefficient (Wildman–Crippen LogP) is 2.04. The van der Waals surface area contributed by atoms with Crippen molar-refractivity contribution in [1.29, 1.82) is 0 Å². The van der Waals surface area contributed by atoms with Crippen LogP contribution in [-0.2, 0) is 0 Å². The first kappa shape index (κ1) is 20.5. The lowest BCUT2D eigenvalue weighted by atomic mass is 10.2. The molecule has 0 spiro atoms. The highest BCUT2D eigenvalue weighted by molar-refractivity contribution is 5.96. The van der Waals surface area contributed by atoms with Crippen molar-refractivity contribution in [3.05, 3.63) is 65.4 Å². The van der Waals surface area contributed by atoms with Gasteiger partial charge >= 0.3 is 0 Å². The number of anilines is 1. The first-order valence-electron chi connectivity index (χ1n) is 10.1. The van der Waals surface area contributed by atoms with Gasteiger partial charge in [0.05, 0.1) is 16.7 Å². The standard InChI is InChI=1S/C22H25N7O2/c1-13(2)25-22(31)19-6-4-5-18(28-19)21(30)23-10-15-11-24-29(12-15)16-7-8-17-20(9-16)27-14(3)26-17/h4-9,12-13,24H,10-11H2,1-3H3,(H,23,30)(H,25,31)(H,26,27). The molecule has 0 fully saturated rings. The summed E-state index contributed by atoms with van der Waals surface area (Å²) in [7, 11) is 0. The van der Waals surface area contributed by atoms with Crippen LogP contribution in [0.15, 0.2) is 48.2 Å². The third-order valence-corrected chi connectivity index (χ3v) is 4.76. The summed E-state index contributed by atoms with van der Waals surface area (Å²) in [6, 6.07) is 10.8. The van der Waals surface area contributed by atoms with E-state index >= 15 is 0 Å². The maximum atomic E-state index is 12.5. The number of aromatic nitrogens is 3. The first-order chi connectivity index (χ1) is 14.9. The van der Waals surface area contributed by atoms with Crippen LogP contribution in [0.2, 0.25) is 0 Å². The molecular formula is C22H25N7O2. The van der Waals surface area contributed by atoms with Crippen LogP contribution < -0.4 is 21.1 Å². The van der Waals surface area contributed by atoms with Crippen LogP contribution in [0.4, 0.5) is 5.69 Å². The molecule has 1 aliphatic rings. The minimum Gasteiger partial charge on any atom is -0.349 e. The number of aromatic amines is 1. The maximum Gasteiger partial charge on any atom is 0.270 e. The largest absolute Gasteiger partial charge is 0.349 e. The van der Waals surface area contributed by atoms with Crippen LogP contribution in [0.3, 0.4) is 0 Å². The van der Waals surface area contributed by atoms with Crippen LogP contribution in [0, 0.1) is 6.92 Å². The summed E-state index contributed by atoms with van der Waals surface area (Å²) in [4.78, 5) is 36.5. The second kappa shape index (κ2) is 8.57. The van der Waals surface area contributed by atoms with Crippen LogP contribution in [0.5, 0.6) is 0 Å². The highest BCUT2D eigenvalue weighted by Crippen LogP contribution is 2.22. The number of hydrogen-bond donors (Lipinski definition) is 4. The number of carbonyl (C=O) groups is 2. The van der Waals surface area contributed by atoms with Crippen molar-refractivity contribution in [2.75, 3.05) is 18.1 Å². The molecule has 0 aliphatic carbocycles. The van der Waals surface area contributed by atoms with E-state index in [0.29, 0.717) is 13.1 Å². The van der Waals surface area contributed by atoms with E-state index in [0.717, 1.165) is 28.1 Å². The first-order valence-corrected chi connectivity index (χ1v) is 10.1.